The second-order valence-electron chi connectivity index (χ2n) is 3.61. The number of hydrazine groups is 1. The highest BCUT2D eigenvalue weighted by atomic mass is 19.2. The molecule has 0 saturated heterocycles. The van der Waals surface area contributed by atoms with E-state index in [1.54, 1.807) is 0 Å². The average molecular weight is 253 g/mol. The van der Waals surface area contributed by atoms with E-state index in [0.717, 1.165) is 6.07 Å². The molecular formula is C12H10F3N3. The number of nitrogens with zero attached hydrogens (tertiary/aromatic N) is 1. The Labute approximate surface area is 101 Å². The number of rotatable bonds is 3. The average Bonchev–Trinajstić information content (AvgIpc) is 2.37. The van der Waals surface area contributed by atoms with Crippen molar-refractivity contribution in [1.82, 2.24) is 10.4 Å². The van der Waals surface area contributed by atoms with Crippen molar-refractivity contribution in [3.8, 4) is 0 Å². The molecule has 0 spiro atoms. The summed E-state index contributed by atoms with van der Waals surface area (Å²) in [6.07, 6.45) is 1.35. The molecule has 2 aromatic rings. The Balaban J connectivity index is 2.53. The fourth-order valence-electron chi connectivity index (χ4n) is 1.67. The second-order valence-corrected chi connectivity index (χ2v) is 3.61. The van der Waals surface area contributed by atoms with Gasteiger partial charge in [-0.25, -0.2) is 18.6 Å². The highest BCUT2D eigenvalue weighted by Crippen LogP contribution is 2.25. The fraction of sp³-hybridized carbons (Fsp3) is 0.0833. The number of hydrogen-bond donors (Lipinski definition) is 2. The molecule has 1 unspecified atom stereocenters. The summed E-state index contributed by atoms with van der Waals surface area (Å²) in [5.41, 5.74) is 2.04. The molecule has 1 atom stereocenters. The summed E-state index contributed by atoms with van der Waals surface area (Å²) < 4.78 is 40.3. The smallest absolute Gasteiger partial charge is 0.164 e. The van der Waals surface area contributed by atoms with Crippen LogP contribution in [0.3, 0.4) is 0 Å². The van der Waals surface area contributed by atoms with Gasteiger partial charge in [0.05, 0.1) is 11.7 Å². The minimum atomic E-state index is -1.08. The molecule has 1 heterocycles. The summed E-state index contributed by atoms with van der Waals surface area (Å²) in [7, 11) is 0. The molecule has 0 aliphatic carbocycles. The van der Waals surface area contributed by atoms with Crippen LogP contribution in [0, 0.1) is 17.5 Å². The SMILES string of the molecule is NNC(c1cccc(F)c1F)c1ncccc1F. The molecule has 18 heavy (non-hydrogen) atoms. The maximum atomic E-state index is 13.6. The van der Waals surface area contributed by atoms with Crippen molar-refractivity contribution < 1.29 is 13.2 Å². The van der Waals surface area contributed by atoms with Gasteiger partial charge in [-0.2, -0.15) is 0 Å². The van der Waals surface area contributed by atoms with Gasteiger partial charge in [-0.3, -0.25) is 10.8 Å². The van der Waals surface area contributed by atoms with E-state index in [1.807, 2.05) is 0 Å². The molecule has 3 N–H and O–H groups in total. The van der Waals surface area contributed by atoms with Gasteiger partial charge in [0.15, 0.2) is 11.6 Å². The Morgan fingerprint density at radius 2 is 1.78 bits per heavy atom. The van der Waals surface area contributed by atoms with E-state index in [4.69, 9.17) is 5.84 Å². The lowest BCUT2D eigenvalue weighted by Gasteiger charge is -2.17. The van der Waals surface area contributed by atoms with Crippen LogP contribution < -0.4 is 11.3 Å². The molecule has 94 valence electrons. The Morgan fingerprint density at radius 3 is 2.44 bits per heavy atom. The van der Waals surface area contributed by atoms with Gasteiger partial charge in [-0.1, -0.05) is 12.1 Å². The summed E-state index contributed by atoms with van der Waals surface area (Å²) in [5.74, 6) is 2.53. The van der Waals surface area contributed by atoms with Gasteiger partial charge < -0.3 is 0 Å². The van der Waals surface area contributed by atoms with Crippen LogP contribution in [0.15, 0.2) is 36.5 Å². The number of aromatic nitrogens is 1. The second kappa shape index (κ2) is 5.16. The van der Waals surface area contributed by atoms with Crippen molar-refractivity contribution in [1.29, 1.82) is 0 Å². The van der Waals surface area contributed by atoms with Crippen LogP contribution >= 0.6 is 0 Å². The molecule has 0 bridgehead atoms. The van der Waals surface area contributed by atoms with Crippen LogP contribution in [0.2, 0.25) is 0 Å². The van der Waals surface area contributed by atoms with Gasteiger partial charge in [-0.05, 0) is 18.2 Å². The monoisotopic (exact) mass is 253 g/mol. The van der Waals surface area contributed by atoms with Crippen LogP contribution in [-0.4, -0.2) is 4.98 Å². The molecule has 1 aromatic carbocycles. The zero-order valence-electron chi connectivity index (χ0n) is 9.20. The minimum absolute atomic E-state index is 0.0931. The van der Waals surface area contributed by atoms with E-state index in [1.165, 1.54) is 30.5 Å². The lowest BCUT2D eigenvalue weighted by Crippen LogP contribution is -2.31. The highest BCUT2D eigenvalue weighted by molar-refractivity contribution is 5.30. The Hall–Kier alpha value is -1.92. The molecule has 6 heteroatoms. The molecule has 3 nitrogen and oxygen atoms in total. The first-order chi connectivity index (χ1) is 8.65. The lowest BCUT2D eigenvalue weighted by atomic mass is 10.0. The van der Waals surface area contributed by atoms with Crippen LogP contribution in [0.1, 0.15) is 17.3 Å². The largest absolute Gasteiger partial charge is 0.271 e. The van der Waals surface area contributed by atoms with Gasteiger partial charge in [0, 0.05) is 11.8 Å². The Bertz CT molecular complexity index is 560. The zero-order chi connectivity index (χ0) is 13.1. The first kappa shape index (κ1) is 12.5. The predicted octanol–water partition coefficient (Wildman–Crippen LogP) is 2.05. The summed E-state index contributed by atoms with van der Waals surface area (Å²) in [6.45, 7) is 0. The van der Waals surface area contributed by atoms with Crippen molar-refractivity contribution in [2.45, 2.75) is 6.04 Å². The maximum absolute atomic E-state index is 13.6. The van der Waals surface area contributed by atoms with E-state index in [2.05, 4.69) is 10.4 Å². The number of nitrogens with one attached hydrogen (secondary N) is 1. The molecule has 1 aromatic heterocycles. The summed E-state index contributed by atoms with van der Waals surface area (Å²) in [4.78, 5) is 3.79. The third-order valence-corrected chi connectivity index (χ3v) is 2.52. The number of pyridine rings is 1. The number of hydrogen-bond acceptors (Lipinski definition) is 3. The summed E-state index contributed by atoms with van der Waals surface area (Å²) in [5, 5.41) is 0. The Kier molecular flexibility index (Phi) is 3.59. The van der Waals surface area contributed by atoms with E-state index >= 15 is 0 Å². The number of halogens is 3. The molecule has 2 rings (SSSR count). The van der Waals surface area contributed by atoms with Crippen molar-refractivity contribution in [2.75, 3.05) is 0 Å². The number of benzene rings is 1. The molecule has 0 fully saturated rings. The van der Waals surface area contributed by atoms with E-state index < -0.39 is 23.5 Å². The maximum Gasteiger partial charge on any atom is 0.164 e. The first-order valence-corrected chi connectivity index (χ1v) is 5.15. The van der Waals surface area contributed by atoms with Crippen molar-refractivity contribution in [3.05, 3.63) is 65.2 Å². The van der Waals surface area contributed by atoms with Gasteiger partial charge in [0.2, 0.25) is 0 Å². The fourth-order valence-corrected chi connectivity index (χ4v) is 1.67. The molecule has 0 amide bonds. The van der Waals surface area contributed by atoms with Crippen molar-refractivity contribution >= 4 is 0 Å². The van der Waals surface area contributed by atoms with Crippen LogP contribution in [0.5, 0.6) is 0 Å². The van der Waals surface area contributed by atoms with Gasteiger partial charge in [-0.15, -0.1) is 0 Å². The van der Waals surface area contributed by atoms with Crippen molar-refractivity contribution in [3.63, 3.8) is 0 Å². The third kappa shape index (κ3) is 2.20. The normalized spacial score (nSPS) is 12.4. The minimum Gasteiger partial charge on any atom is -0.271 e. The summed E-state index contributed by atoms with van der Waals surface area (Å²) >= 11 is 0. The predicted molar refractivity (Wildman–Crippen MR) is 59.7 cm³/mol. The number of nitrogens with two attached hydrogens (primary N) is 1. The molecular weight excluding hydrogens is 243 g/mol. The van der Waals surface area contributed by atoms with Crippen LogP contribution in [0.25, 0.3) is 0 Å². The zero-order valence-corrected chi connectivity index (χ0v) is 9.20. The molecule has 0 aliphatic heterocycles. The summed E-state index contributed by atoms with van der Waals surface area (Å²) in [6, 6.07) is 5.12. The van der Waals surface area contributed by atoms with Gasteiger partial charge in [0.25, 0.3) is 0 Å². The van der Waals surface area contributed by atoms with E-state index in [-0.39, 0.29) is 11.3 Å². The molecule has 0 radical (unpaired) electrons. The molecule has 0 aliphatic rings. The van der Waals surface area contributed by atoms with Crippen LogP contribution in [0.4, 0.5) is 13.2 Å². The van der Waals surface area contributed by atoms with Gasteiger partial charge in [0.1, 0.15) is 5.82 Å². The van der Waals surface area contributed by atoms with Gasteiger partial charge >= 0.3 is 0 Å². The molecule has 0 saturated carbocycles. The Morgan fingerprint density at radius 1 is 1.06 bits per heavy atom. The topological polar surface area (TPSA) is 50.9 Å². The third-order valence-electron chi connectivity index (χ3n) is 2.52. The quantitative estimate of drug-likeness (QED) is 0.650. The van der Waals surface area contributed by atoms with E-state index in [0.29, 0.717) is 0 Å². The van der Waals surface area contributed by atoms with Crippen molar-refractivity contribution in [2.24, 2.45) is 5.84 Å². The van der Waals surface area contributed by atoms with E-state index in [9.17, 15) is 13.2 Å². The standard InChI is InChI=1S/C12H10F3N3/c13-8-4-1-3-7(10(8)15)11(18-16)12-9(14)5-2-6-17-12/h1-6,11,18H,16H2. The first-order valence-electron chi connectivity index (χ1n) is 5.15. The lowest BCUT2D eigenvalue weighted by molar-refractivity contribution is 0.473. The highest BCUT2D eigenvalue weighted by Gasteiger charge is 2.22. The van der Waals surface area contributed by atoms with Crippen LogP contribution in [-0.2, 0) is 0 Å².